The Morgan fingerprint density at radius 2 is 0.938 bits per heavy atom. The summed E-state index contributed by atoms with van der Waals surface area (Å²) in [4.78, 5) is 0. The highest BCUT2D eigenvalue weighted by Gasteiger charge is 2.38. The number of phosphoric acid groups is 1. The lowest BCUT2D eigenvalue weighted by molar-refractivity contribution is 0.000785. The summed E-state index contributed by atoms with van der Waals surface area (Å²) in [5, 5.41) is 16.8. The van der Waals surface area contributed by atoms with Crippen molar-refractivity contribution in [3.63, 3.8) is 0 Å². The lowest BCUT2D eigenvalue weighted by Crippen LogP contribution is -2.29. The maximum atomic E-state index is 13.6. The molecule has 0 saturated carbocycles. The Kier molecular flexibility index (Phi) is 27.5. The maximum absolute atomic E-state index is 13.6. The second-order valence-electron chi connectivity index (χ2n) is 23.6. The number of hydrogen-bond donors (Lipinski definition) is 3. The number of nitrogens with one attached hydrogen (secondary N) is 2. The van der Waals surface area contributed by atoms with Gasteiger partial charge in [-0.2, -0.15) is 0 Å². The second kappa shape index (κ2) is 31.2. The van der Waals surface area contributed by atoms with Crippen molar-refractivity contribution in [3.05, 3.63) is 81.9 Å². The van der Waals surface area contributed by atoms with Crippen LogP contribution in [0.5, 0.6) is 34.5 Å². The highest BCUT2D eigenvalue weighted by molar-refractivity contribution is 7.48. The molecule has 0 radical (unpaired) electrons. The molecular formula is C63H103N3O13P2. The summed E-state index contributed by atoms with van der Waals surface area (Å²) >= 11 is 0. The van der Waals surface area contributed by atoms with Gasteiger partial charge in [0.15, 0.2) is 23.0 Å². The molecule has 6 rings (SSSR count). The first-order chi connectivity index (χ1) is 37.5. The average Bonchev–Trinajstić information content (AvgIpc) is 3.97. The van der Waals surface area contributed by atoms with Crippen LogP contribution in [0.25, 0.3) is 22.3 Å². The van der Waals surface area contributed by atoms with Crippen molar-refractivity contribution in [2.45, 2.75) is 192 Å². The lowest BCUT2D eigenvalue weighted by atomic mass is 9.92. The van der Waals surface area contributed by atoms with Gasteiger partial charge in [-0.3, -0.25) is 13.6 Å². The van der Waals surface area contributed by atoms with E-state index in [1.807, 2.05) is 59.7 Å². The molecule has 4 aromatic rings. The molecule has 0 spiro atoms. The minimum Gasteiger partial charge on any atom is -0.493 e. The van der Waals surface area contributed by atoms with Crippen LogP contribution in [0.3, 0.4) is 0 Å². The topological polar surface area (TPSA) is 166 Å². The number of fused-ring (bicyclic) bond motifs is 6. The third-order valence-corrected chi connectivity index (χ3v) is 17.1. The van der Waals surface area contributed by atoms with Crippen LogP contribution in [0.15, 0.2) is 48.5 Å². The fraction of sp³-hybridized carbons (Fsp3) is 0.619. The highest BCUT2D eigenvalue weighted by Crippen LogP contribution is 2.57. The van der Waals surface area contributed by atoms with Gasteiger partial charge in [0.2, 0.25) is 11.5 Å². The summed E-state index contributed by atoms with van der Waals surface area (Å²) in [6.07, 6.45) is 3.57. The second-order valence-corrected chi connectivity index (χ2v) is 26.5. The standard InChI is InChI=1S/C29H44NO7P.C21H27NO4.C12H28NO2P.CH4/c1-11-30-23-15-13-20-17-24(32-8)26(33-9)27(34-10)25(20)21-14-12-19(16-22(21)23)18-35-38(31,36-28(2,3)4)37-29(5,6)7;1-5-22-17-9-7-14-11-18(24-2)20(25-3)21(26-4)19(14)15-8-6-13(12-23)10-16(15)17;1-9-13(10-2)16(14-11(3,4)5)15-12(6,7)8;/h12,14,16-17,23,30H,11,13,15,18H2,1-10H3;6,8,10-11,17,22-23H,5,7,9,12H2,1-4H3;9-10H2,1-8H3;1H4/t23-;17-;;/m00../s1. The molecule has 0 fully saturated rings. The molecule has 0 bridgehead atoms. The summed E-state index contributed by atoms with van der Waals surface area (Å²) in [5.74, 6) is 3.83. The van der Waals surface area contributed by atoms with Crippen molar-refractivity contribution in [1.82, 2.24) is 15.3 Å². The van der Waals surface area contributed by atoms with Crippen molar-refractivity contribution in [1.29, 1.82) is 0 Å². The van der Waals surface area contributed by atoms with Crippen LogP contribution in [0.2, 0.25) is 0 Å². The largest absolute Gasteiger partial charge is 0.493 e. The van der Waals surface area contributed by atoms with Gasteiger partial charge in [0.05, 0.1) is 78.3 Å². The molecule has 0 saturated heterocycles. The molecule has 2 atom stereocenters. The van der Waals surface area contributed by atoms with Gasteiger partial charge in [-0.05, 0) is 178 Å². The van der Waals surface area contributed by atoms with Gasteiger partial charge in [-0.1, -0.05) is 71.5 Å². The molecule has 0 unspecified atom stereocenters. The Balaban J connectivity index is 0.000000347. The molecule has 0 amide bonds. The van der Waals surface area contributed by atoms with Crippen LogP contribution in [0.1, 0.15) is 177 Å². The normalized spacial score (nSPS) is 15.2. The molecular weight excluding hydrogens is 1070 g/mol. The number of aryl methyl sites for hydroxylation is 2. The number of aliphatic hydroxyl groups is 1. The summed E-state index contributed by atoms with van der Waals surface area (Å²) in [6, 6.07) is 16.7. The Bertz CT molecular complexity index is 2620. The summed E-state index contributed by atoms with van der Waals surface area (Å²) in [6.45, 7) is 35.6. The minimum atomic E-state index is -3.84. The van der Waals surface area contributed by atoms with Crippen molar-refractivity contribution in [2.24, 2.45) is 0 Å². The van der Waals surface area contributed by atoms with E-state index in [1.165, 1.54) is 11.1 Å². The van der Waals surface area contributed by atoms with E-state index in [-0.39, 0.29) is 43.9 Å². The zero-order chi connectivity index (χ0) is 60.0. The predicted molar refractivity (Wildman–Crippen MR) is 331 cm³/mol. The molecule has 2 aliphatic carbocycles. The smallest absolute Gasteiger partial charge is 0.476 e. The molecule has 16 nitrogen and oxygen atoms in total. The van der Waals surface area contributed by atoms with Crippen LogP contribution in [0.4, 0.5) is 0 Å². The number of hydrogen-bond acceptors (Lipinski definition) is 16. The van der Waals surface area contributed by atoms with Gasteiger partial charge in [0.1, 0.15) is 0 Å². The fourth-order valence-electron chi connectivity index (χ4n) is 9.62. The van der Waals surface area contributed by atoms with E-state index in [4.69, 9.17) is 51.0 Å². The van der Waals surface area contributed by atoms with E-state index in [9.17, 15) is 9.67 Å². The van der Waals surface area contributed by atoms with Crippen molar-refractivity contribution in [2.75, 3.05) is 68.8 Å². The molecule has 0 heterocycles. The van der Waals surface area contributed by atoms with Crippen LogP contribution in [-0.2, 0) is 53.2 Å². The number of phosphoric ester groups is 1. The molecule has 3 N–H and O–H groups in total. The molecule has 458 valence electrons. The quantitative estimate of drug-likeness (QED) is 0.0674. The third-order valence-electron chi connectivity index (χ3n) is 12.7. The van der Waals surface area contributed by atoms with Crippen molar-refractivity contribution in [3.8, 4) is 56.8 Å². The predicted octanol–water partition coefficient (Wildman–Crippen LogP) is 15.5. The molecule has 0 aromatic heterocycles. The Hall–Kier alpha value is -4.02. The highest BCUT2D eigenvalue weighted by atomic mass is 31.2. The van der Waals surface area contributed by atoms with Gasteiger partial charge in [-0.15, -0.1) is 0 Å². The number of benzene rings is 4. The van der Waals surface area contributed by atoms with E-state index in [0.717, 1.165) is 96.4 Å². The van der Waals surface area contributed by atoms with E-state index in [1.54, 1.807) is 42.7 Å². The van der Waals surface area contributed by atoms with Crippen LogP contribution in [0, 0.1) is 0 Å². The SMILES string of the molecule is C.CCN(CC)P(OC(C)(C)C)OC(C)(C)C.CCN[C@H]1CCc2cc(OC)c(OC)c(OC)c2-c2ccc(CO)cc21.CCN[C@H]1CCc2cc(OC)c(OC)c(OC)c2-c2ccc(COP(=O)(OC(C)(C)C)OC(C)(C)C)cc21. The fourth-order valence-corrected chi connectivity index (χ4v) is 13.1. The number of rotatable bonds is 21. The van der Waals surface area contributed by atoms with Gasteiger partial charge >= 0.3 is 7.82 Å². The first-order valence-corrected chi connectivity index (χ1v) is 30.7. The first kappa shape index (κ1) is 71.2. The van der Waals surface area contributed by atoms with Crippen LogP contribution in [-0.4, -0.2) is 101 Å². The monoisotopic (exact) mass is 1170 g/mol. The maximum Gasteiger partial charge on any atom is 0.476 e. The zero-order valence-corrected chi connectivity index (χ0v) is 54.3. The Morgan fingerprint density at radius 1 is 0.556 bits per heavy atom. The number of aliphatic hydroxyl groups excluding tert-OH is 1. The molecule has 2 aliphatic rings. The van der Waals surface area contributed by atoms with Crippen molar-refractivity contribution >= 4 is 16.3 Å². The van der Waals surface area contributed by atoms with E-state index >= 15 is 0 Å². The number of methoxy groups -OCH3 is 6. The van der Waals surface area contributed by atoms with E-state index < -0.39 is 27.6 Å². The van der Waals surface area contributed by atoms with Crippen molar-refractivity contribution < 1.29 is 60.7 Å². The van der Waals surface area contributed by atoms with Gasteiger partial charge < -0.3 is 53.2 Å². The van der Waals surface area contributed by atoms with Gasteiger partial charge in [-0.25, -0.2) is 9.24 Å². The zero-order valence-electron chi connectivity index (χ0n) is 52.5. The lowest BCUT2D eigenvalue weighted by Gasteiger charge is -2.36. The Morgan fingerprint density at radius 3 is 1.26 bits per heavy atom. The molecule has 81 heavy (non-hydrogen) atoms. The number of ether oxygens (including phenoxy) is 6. The molecule has 18 heteroatoms. The minimum absolute atomic E-state index is 0. The number of nitrogens with zero attached hydrogens (tertiary/aromatic N) is 1. The average molecular weight is 1170 g/mol. The molecule has 4 aromatic carbocycles. The molecule has 0 aliphatic heterocycles. The third kappa shape index (κ3) is 20.1. The first-order valence-electron chi connectivity index (χ1n) is 28.1. The van der Waals surface area contributed by atoms with Gasteiger partial charge in [0.25, 0.3) is 8.53 Å². The van der Waals surface area contributed by atoms with E-state index in [2.05, 4.69) is 115 Å². The summed E-state index contributed by atoms with van der Waals surface area (Å²) < 4.78 is 79.4. The van der Waals surface area contributed by atoms with E-state index in [0.29, 0.717) is 34.5 Å². The van der Waals surface area contributed by atoms with Crippen LogP contribution >= 0.6 is 16.3 Å². The van der Waals surface area contributed by atoms with Crippen LogP contribution < -0.4 is 39.1 Å². The summed E-state index contributed by atoms with van der Waals surface area (Å²) in [5.41, 5.74) is 8.83. The Labute approximate surface area is 489 Å². The summed E-state index contributed by atoms with van der Waals surface area (Å²) in [7, 11) is 5.01. The van der Waals surface area contributed by atoms with Gasteiger partial charge in [0, 0.05) is 36.3 Å².